The predicted molar refractivity (Wildman–Crippen MR) is 97.9 cm³/mol. The highest BCUT2D eigenvalue weighted by Crippen LogP contribution is 2.30. The van der Waals surface area contributed by atoms with Crippen molar-refractivity contribution in [3.63, 3.8) is 0 Å². The number of hydrogen-bond acceptors (Lipinski definition) is 5. The van der Waals surface area contributed by atoms with Crippen LogP contribution in [0.5, 0.6) is 0 Å². The fourth-order valence-corrected chi connectivity index (χ4v) is 2.49. The first kappa shape index (κ1) is 17.6. The first-order valence-electron chi connectivity index (χ1n) is 8.05. The number of methoxy groups -OCH3 is 1. The largest absolute Gasteiger partial charge is 0.435 e. The molecule has 1 heterocycles. The van der Waals surface area contributed by atoms with Gasteiger partial charge in [0, 0.05) is 30.8 Å². The molecule has 0 aliphatic heterocycles. The summed E-state index contributed by atoms with van der Waals surface area (Å²) >= 11 is 0. The molecule has 0 radical (unpaired) electrons. The molecule has 1 N–H and O–H groups in total. The third-order valence-electron chi connectivity index (χ3n) is 3.69. The third kappa shape index (κ3) is 3.87. The molecule has 132 valence electrons. The Morgan fingerprint density at radius 2 is 1.73 bits per heavy atom. The van der Waals surface area contributed by atoms with Crippen molar-refractivity contribution in [2.24, 2.45) is 0 Å². The lowest BCUT2D eigenvalue weighted by atomic mass is 10.1. The zero-order chi connectivity index (χ0) is 18.5. The number of nitrogens with one attached hydrogen (secondary N) is 1. The Balaban J connectivity index is 1.92. The van der Waals surface area contributed by atoms with Gasteiger partial charge in [-0.2, -0.15) is 0 Å². The molecule has 0 saturated heterocycles. The van der Waals surface area contributed by atoms with Gasteiger partial charge in [-0.3, -0.25) is 9.59 Å². The van der Waals surface area contributed by atoms with Gasteiger partial charge in [0.05, 0.1) is 0 Å². The summed E-state index contributed by atoms with van der Waals surface area (Å²) in [5.41, 5.74) is 2.40. The van der Waals surface area contributed by atoms with Crippen molar-refractivity contribution in [2.75, 3.05) is 19.0 Å². The zero-order valence-electron chi connectivity index (χ0n) is 14.5. The standard InChI is InChI=1S/C20H18N2O4/c1-13(23)18-19(26-20(22-18)15-6-4-3-5-7-15)14-8-10-16(11-9-14)21-17(24)12-25-2/h3-11H,12H2,1-2H3,(H,21,24). The van der Waals surface area contributed by atoms with Crippen molar-refractivity contribution in [3.05, 3.63) is 60.3 Å². The lowest BCUT2D eigenvalue weighted by Crippen LogP contribution is -2.16. The van der Waals surface area contributed by atoms with Gasteiger partial charge in [0.2, 0.25) is 11.8 Å². The maximum atomic E-state index is 12.0. The number of amides is 1. The van der Waals surface area contributed by atoms with Gasteiger partial charge >= 0.3 is 0 Å². The number of carbonyl (C=O) groups is 2. The van der Waals surface area contributed by atoms with Crippen molar-refractivity contribution >= 4 is 17.4 Å². The number of ether oxygens (including phenoxy) is 1. The van der Waals surface area contributed by atoms with E-state index in [0.29, 0.717) is 22.9 Å². The van der Waals surface area contributed by atoms with Crippen LogP contribution in [0.1, 0.15) is 17.4 Å². The van der Waals surface area contributed by atoms with Gasteiger partial charge in [0.25, 0.3) is 0 Å². The van der Waals surface area contributed by atoms with E-state index in [9.17, 15) is 9.59 Å². The minimum Gasteiger partial charge on any atom is -0.435 e. The van der Waals surface area contributed by atoms with Crippen LogP contribution < -0.4 is 5.32 Å². The molecule has 0 bridgehead atoms. The van der Waals surface area contributed by atoms with E-state index >= 15 is 0 Å². The Kier molecular flexibility index (Phi) is 5.24. The molecular formula is C20H18N2O4. The molecule has 6 nitrogen and oxygen atoms in total. The van der Waals surface area contributed by atoms with E-state index in [0.717, 1.165) is 5.56 Å². The van der Waals surface area contributed by atoms with Crippen LogP contribution in [0.25, 0.3) is 22.8 Å². The van der Waals surface area contributed by atoms with Crippen LogP contribution in [-0.2, 0) is 9.53 Å². The minimum absolute atomic E-state index is 0.0151. The van der Waals surface area contributed by atoms with E-state index in [4.69, 9.17) is 9.15 Å². The molecule has 0 fully saturated rings. The van der Waals surface area contributed by atoms with Crippen LogP contribution in [0.2, 0.25) is 0 Å². The molecule has 3 rings (SSSR count). The number of hydrogen-bond donors (Lipinski definition) is 1. The summed E-state index contributed by atoms with van der Waals surface area (Å²) in [6.45, 7) is 1.44. The number of benzene rings is 2. The fourth-order valence-electron chi connectivity index (χ4n) is 2.49. The molecule has 0 atom stereocenters. The molecule has 0 unspecified atom stereocenters. The molecule has 1 aromatic heterocycles. The minimum atomic E-state index is -0.240. The topological polar surface area (TPSA) is 81.4 Å². The van der Waals surface area contributed by atoms with Crippen LogP contribution in [0.15, 0.2) is 59.0 Å². The van der Waals surface area contributed by atoms with Crippen molar-refractivity contribution in [2.45, 2.75) is 6.92 Å². The van der Waals surface area contributed by atoms with Crippen LogP contribution >= 0.6 is 0 Å². The second-order valence-electron chi connectivity index (χ2n) is 5.68. The highest BCUT2D eigenvalue weighted by molar-refractivity contribution is 5.98. The Bertz CT molecular complexity index is 915. The van der Waals surface area contributed by atoms with Gasteiger partial charge in [0.1, 0.15) is 6.61 Å². The molecule has 0 spiro atoms. The normalized spacial score (nSPS) is 10.5. The maximum absolute atomic E-state index is 12.0. The molecule has 0 saturated carbocycles. The van der Waals surface area contributed by atoms with E-state index in [-0.39, 0.29) is 24.0 Å². The van der Waals surface area contributed by atoms with Crippen molar-refractivity contribution in [1.82, 2.24) is 4.98 Å². The van der Waals surface area contributed by atoms with Gasteiger partial charge in [-0.05, 0) is 36.4 Å². The van der Waals surface area contributed by atoms with E-state index in [2.05, 4.69) is 10.3 Å². The molecule has 1 amide bonds. The highest BCUT2D eigenvalue weighted by Gasteiger charge is 2.19. The number of anilines is 1. The summed E-state index contributed by atoms with van der Waals surface area (Å²) in [7, 11) is 1.46. The van der Waals surface area contributed by atoms with Gasteiger partial charge in [-0.15, -0.1) is 0 Å². The summed E-state index contributed by atoms with van der Waals surface area (Å²) in [5.74, 6) is 0.383. The Hall–Kier alpha value is -3.25. The first-order chi connectivity index (χ1) is 12.6. The Morgan fingerprint density at radius 1 is 1.04 bits per heavy atom. The van der Waals surface area contributed by atoms with Crippen molar-refractivity contribution in [3.8, 4) is 22.8 Å². The fraction of sp³-hybridized carbons (Fsp3) is 0.150. The smallest absolute Gasteiger partial charge is 0.250 e. The lowest BCUT2D eigenvalue weighted by molar-refractivity contribution is -0.119. The number of Topliss-reactive ketones (excluding diaryl/α,β-unsaturated/α-hetero) is 1. The van der Waals surface area contributed by atoms with Gasteiger partial charge in [0.15, 0.2) is 17.2 Å². The van der Waals surface area contributed by atoms with Crippen molar-refractivity contribution in [1.29, 1.82) is 0 Å². The van der Waals surface area contributed by atoms with Crippen LogP contribution in [0, 0.1) is 0 Å². The first-order valence-corrected chi connectivity index (χ1v) is 8.05. The quantitative estimate of drug-likeness (QED) is 0.684. The SMILES string of the molecule is COCC(=O)Nc1ccc(-c2oc(-c3ccccc3)nc2C(C)=O)cc1. The molecule has 0 aliphatic rings. The number of nitrogens with zero attached hydrogens (tertiary/aromatic N) is 1. The molecular weight excluding hydrogens is 332 g/mol. The van der Waals surface area contributed by atoms with Crippen LogP contribution in [0.4, 0.5) is 5.69 Å². The molecule has 3 aromatic rings. The Labute approximate surface area is 150 Å². The number of carbonyl (C=O) groups excluding carboxylic acids is 2. The zero-order valence-corrected chi connectivity index (χ0v) is 14.5. The van der Waals surface area contributed by atoms with E-state index in [1.807, 2.05) is 30.3 Å². The van der Waals surface area contributed by atoms with Crippen molar-refractivity contribution < 1.29 is 18.7 Å². The molecule has 0 aliphatic carbocycles. The van der Waals surface area contributed by atoms with Crippen LogP contribution in [0.3, 0.4) is 0 Å². The lowest BCUT2D eigenvalue weighted by Gasteiger charge is -2.05. The number of ketones is 1. The summed E-state index contributed by atoms with van der Waals surface area (Å²) in [5, 5.41) is 2.71. The maximum Gasteiger partial charge on any atom is 0.250 e. The number of rotatable bonds is 6. The summed E-state index contributed by atoms with van der Waals surface area (Å²) in [4.78, 5) is 27.9. The predicted octanol–water partition coefficient (Wildman–Crippen LogP) is 3.80. The van der Waals surface area contributed by atoms with Gasteiger partial charge < -0.3 is 14.5 Å². The summed E-state index contributed by atoms with van der Waals surface area (Å²) in [6.07, 6.45) is 0. The molecule has 2 aromatic carbocycles. The second-order valence-corrected chi connectivity index (χ2v) is 5.68. The average molecular weight is 350 g/mol. The summed E-state index contributed by atoms with van der Waals surface area (Å²) < 4.78 is 10.7. The second kappa shape index (κ2) is 7.76. The van der Waals surface area contributed by atoms with Gasteiger partial charge in [-0.1, -0.05) is 18.2 Å². The van der Waals surface area contributed by atoms with E-state index in [1.54, 1.807) is 24.3 Å². The number of oxazole rings is 1. The third-order valence-corrected chi connectivity index (χ3v) is 3.69. The molecule has 6 heteroatoms. The van der Waals surface area contributed by atoms with Gasteiger partial charge in [-0.25, -0.2) is 4.98 Å². The number of aromatic nitrogens is 1. The molecule has 26 heavy (non-hydrogen) atoms. The monoisotopic (exact) mass is 350 g/mol. The highest BCUT2D eigenvalue weighted by atomic mass is 16.5. The average Bonchev–Trinajstić information content (AvgIpc) is 3.09. The van der Waals surface area contributed by atoms with E-state index in [1.165, 1.54) is 14.0 Å². The van der Waals surface area contributed by atoms with E-state index < -0.39 is 0 Å². The van der Waals surface area contributed by atoms with Crippen LogP contribution in [-0.4, -0.2) is 30.4 Å². The summed E-state index contributed by atoms with van der Waals surface area (Å²) in [6, 6.07) is 16.4. The Morgan fingerprint density at radius 3 is 2.35 bits per heavy atom.